The Kier molecular flexibility index (Phi) is 3.67. The molecule has 0 unspecified atom stereocenters. The second kappa shape index (κ2) is 5.61. The summed E-state index contributed by atoms with van der Waals surface area (Å²) < 4.78 is 6.77. The number of hydrogen-bond acceptors (Lipinski definition) is 4. The van der Waals surface area contributed by atoms with E-state index in [-0.39, 0.29) is 0 Å². The molecule has 0 radical (unpaired) electrons. The number of nitrogens with zero attached hydrogens (tertiary/aromatic N) is 2. The Balaban J connectivity index is 2.21. The predicted octanol–water partition coefficient (Wildman–Crippen LogP) is 4.30. The Bertz CT molecular complexity index is 818. The minimum Gasteiger partial charge on any atom is -0.419 e. The van der Waals surface area contributed by atoms with Gasteiger partial charge in [0.25, 0.3) is 0 Å². The van der Waals surface area contributed by atoms with Crippen molar-refractivity contribution < 1.29 is 4.42 Å². The zero-order chi connectivity index (χ0) is 13.9. The van der Waals surface area contributed by atoms with Gasteiger partial charge >= 0.3 is 0 Å². The number of halogens is 1. The molecule has 0 spiro atoms. The van der Waals surface area contributed by atoms with E-state index in [0.29, 0.717) is 23.0 Å². The predicted molar refractivity (Wildman–Crippen MR) is 83.0 cm³/mol. The highest BCUT2D eigenvalue weighted by atomic mass is 35.5. The second-order valence-corrected chi connectivity index (χ2v) is 5.45. The van der Waals surface area contributed by atoms with Gasteiger partial charge in [0, 0.05) is 10.6 Å². The maximum Gasteiger partial charge on any atom is 0.236 e. The normalized spacial score (nSPS) is 11.9. The first-order valence-corrected chi connectivity index (χ1v) is 7.29. The lowest BCUT2D eigenvalue weighted by molar-refractivity contribution is 0.501. The van der Waals surface area contributed by atoms with E-state index in [2.05, 4.69) is 16.6 Å². The molecule has 0 aliphatic rings. The minimum absolute atomic E-state index is 0.514. The Hall–Kier alpha value is -1.91. The molecule has 0 saturated heterocycles. The van der Waals surface area contributed by atoms with Gasteiger partial charge in [-0.1, -0.05) is 17.7 Å². The first-order valence-electron chi connectivity index (χ1n) is 6.03. The summed E-state index contributed by atoms with van der Waals surface area (Å²) in [5.41, 5.74) is 2.35. The van der Waals surface area contributed by atoms with Crippen LogP contribution in [0.25, 0.3) is 21.7 Å². The average molecular weight is 303 g/mol. The van der Waals surface area contributed by atoms with Gasteiger partial charge in [0.15, 0.2) is 0 Å². The zero-order valence-corrected chi connectivity index (χ0v) is 12.1. The summed E-state index contributed by atoms with van der Waals surface area (Å²) in [5.74, 6) is 0.537. The largest absolute Gasteiger partial charge is 0.419 e. The van der Waals surface area contributed by atoms with E-state index in [1.807, 2.05) is 35.7 Å². The molecule has 20 heavy (non-hydrogen) atoms. The molecule has 0 amide bonds. The van der Waals surface area contributed by atoms with Crippen LogP contribution in [0, 0.1) is 0 Å². The van der Waals surface area contributed by atoms with Gasteiger partial charge in [0.05, 0.1) is 12.1 Å². The molecule has 5 heteroatoms. The fourth-order valence-corrected chi connectivity index (χ4v) is 2.69. The minimum atomic E-state index is 0.514. The van der Waals surface area contributed by atoms with Crippen molar-refractivity contribution in [3.05, 3.63) is 58.9 Å². The lowest BCUT2D eigenvalue weighted by atomic mass is 10.2. The fraction of sp³-hybridized carbons (Fsp3) is 0.0667. The van der Waals surface area contributed by atoms with Crippen LogP contribution >= 0.6 is 22.9 Å². The summed E-state index contributed by atoms with van der Waals surface area (Å²) in [6.07, 6.45) is 1.73. The monoisotopic (exact) mass is 302 g/mol. The van der Waals surface area contributed by atoms with E-state index in [0.717, 1.165) is 15.8 Å². The van der Waals surface area contributed by atoms with Crippen LogP contribution in [0.4, 0.5) is 0 Å². The summed E-state index contributed by atoms with van der Waals surface area (Å²) in [6, 6.07) is 9.34. The van der Waals surface area contributed by atoms with Gasteiger partial charge < -0.3 is 4.42 Å². The number of benzene rings is 1. The van der Waals surface area contributed by atoms with Crippen LogP contribution in [-0.4, -0.2) is 11.5 Å². The molecule has 0 atom stereocenters. The van der Waals surface area contributed by atoms with Crippen molar-refractivity contribution >= 4 is 33.2 Å². The standard InChI is InChI=1S/C15H11ClN2OS/c1-2-8-17-15-13-12(7-9-20-13)18-14(19-15)10-3-5-11(16)6-4-10/h2-7,9H,1,8H2. The van der Waals surface area contributed by atoms with Crippen LogP contribution in [0.5, 0.6) is 0 Å². The number of hydrogen-bond donors (Lipinski definition) is 0. The number of fused-ring (bicyclic) bond motifs is 1. The maximum absolute atomic E-state index is 5.90. The molecule has 0 N–H and O–H groups in total. The highest BCUT2D eigenvalue weighted by molar-refractivity contribution is 7.17. The van der Waals surface area contributed by atoms with Crippen molar-refractivity contribution in [3.63, 3.8) is 0 Å². The summed E-state index contributed by atoms with van der Waals surface area (Å²) in [5, 5.41) is 2.66. The summed E-state index contributed by atoms with van der Waals surface area (Å²) in [6.45, 7) is 4.19. The van der Waals surface area contributed by atoms with Crippen molar-refractivity contribution in [1.29, 1.82) is 0 Å². The van der Waals surface area contributed by atoms with Gasteiger partial charge in [-0.25, -0.2) is 9.98 Å². The van der Waals surface area contributed by atoms with E-state index >= 15 is 0 Å². The van der Waals surface area contributed by atoms with Crippen LogP contribution in [0.1, 0.15) is 0 Å². The van der Waals surface area contributed by atoms with Crippen LogP contribution in [0.2, 0.25) is 5.02 Å². The van der Waals surface area contributed by atoms with Crippen LogP contribution < -0.4 is 5.55 Å². The number of aromatic nitrogens is 1. The van der Waals surface area contributed by atoms with Crippen LogP contribution in [0.3, 0.4) is 0 Å². The Morgan fingerprint density at radius 2 is 2.10 bits per heavy atom. The Morgan fingerprint density at radius 1 is 1.30 bits per heavy atom. The molecule has 3 aromatic rings. The van der Waals surface area contributed by atoms with Crippen molar-refractivity contribution in [3.8, 4) is 11.5 Å². The quantitative estimate of drug-likeness (QED) is 0.677. The molecule has 3 rings (SSSR count). The molecular formula is C15H11ClN2OS. The Morgan fingerprint density at radius 3 is 2.85 bits per heavy atom. The Labute approximate surface area is 124 Å². The summed E-state index contributed by atoms with van der Waals surface area (Å²) in [4.78, 5) is 8.91. The maximum atomic E-state index is 5.90. The van der Waals surface area contributed by atoms with E-state index in [1.165, 1.54) is 0 Å². The van der Waals surface area contributed by atoms with E-state index < -0.39 is 0 Å². The van der Waals surface area contributed by atoms with E-state index in [4.69, 9.17) is 16.0 Å². The molecule has 2 heterocycles. The van der Waals surface area contributed by atoms with Gasteiger partial charge in [-0.3, -0.25) is 0 Å². The molecule has 0 saturated carbocycles. The molecular weight excluding hydrogens is 292 g/mol. The molecule has 100 valence electrons. The van der Waals surface area contributed by atoms with Crippen molar-refractivity contribution in [2.24, 2.45) is 4.99 Å². The highest BCUT2D eigenvalue weighted by Gasteiger charge is 2.08. The van der Waals surface area contributed by atoms with Gasteiger partial charge in [-0.2, -0.15) is 0 Å². The van der Waals surface area contributed by atoms with Crippen molar-refractivity contribution in [2.45, 2.75) is 0 Å². The van der Waals surface area contributed by atoms with E-state index in [1.54, 1.807) is 17.4 Å². The third-order valence-corrected chi connectivity index (χ3v) is 3.85. The average Bonchev–Trinajstić information content (AvgIpc) is 2.94. The third kappa shape index (κ3) is 2.53. The van der Waals surface area contributed by atoms with Gasteiger partial charge in [0.2, 0.25) is 11.4 Å². The number of rotatable bonds is 3. The third-order valence-electron chi connectivity index (χ3n) is 2.71. The second-order valence-electron chi connectivity index (χ2n) is 4.10. The molecule has 2 aromatic heterocycles. The van der Waals surface area contributed by atoms with Gasteiger partial charge in [-0.15, -0.1) is 17.9 Å². The molecule has 0 aliphatic heterocycles. The highest BCUT2D eigenvalue weighted by Crippen LogP contribution is 2.22. The topological polar surface area (TPSA) is 38.4 Å². The smallest absolute Gasteiger partial charge is 0.236 e. The van der Waals surface area contributed by atoms with Crippen LogP contribution in [0.15, 0.2) is 57.8 Å². The zero-order valence-electron chi connectivity index (χ0n) is 10.5. The molecule has 0 fully saturated rings. The van der Waals surface area contributed by atoms with Crippen molar-refractivity contribution in [1.82, 2.24) is 4.98 Å². The van der Waals surface area contributed by atoms with Crippen LogP contribution in [-0.2, 0) is 0 Å². The molecule has 0 aliphatic carbocycles. The fourth-order valence-electron chi connectivity index (χ4n) is 1.79. The van der Waals surface area contributed by atoms with Gasteiger partial charge in [0.1, 0.15) is 4.70 Å². The first kappa shape index (κ1) is 13.1. The lowest BCUT2D eigenvalue weighted by Gasteiger charge is -2.01. The van der Waals surface area contributed by atoms with Gasteiger partial charge in [-0.05, 0) is 35.7 Å². The summed E-state index contributed by atoms with van der Waals surface area (Å²) >= 11 is 7.46. The first-order chi connectivity index (χ1) is 9.78. The lowest BCUT2D eigenvalue weighted by Crippen LogP contribution is -2.04. The molecule has 3 nitrogen and oxygen atoms in total. The molecule has 0 bridgehead atoms. The number of thiophene rings is 1. The summed E-state index contributed by atoms with van der Waals surface area (Å²) in [7, 11) is 0. The van der Waals surface area contributed by atoms with E-state index in [9.17, 15) is 0 Å². The SMILES string of the molecule is C=CCN=c1oc(-c2ccc(Cl)cc2)nc2ccsc12. The molecule has 1 aromatic carbocycles. The van der Waals surface area contributed by atoms with Crippen molar-refractivity contribution in [2.75, 3.05) is 6.54 Å².